The highest BCUT2D eigenvalue weighted by Crippen LogP contribution is 2.28. The van der Waals surface area contributed by atoms with Gasteiger partial charge in [0, 0.05) is 17.8 Å². The number of hydrogen-bond donors (Lipinski definition) is 3. The van der Waals surface area contributed by atoms with Crippen LogP contribution in [0.15, 0.2) is 12.4 Å². The fraction of sp³-hybridized carbons (Fsp3) is 0.625. The van der Waals surface area contributed by atoms with Crippen molar-refractivity contribution in [2.24, 2.45) is 11.1 Å². The number of rotatable bonds is 3. The molecule has 4 N–H and O–H groups in total. The molecule has 0 aromatic carbocycles. The molecule has 0 spiro atoms. The molecule has 0 saturated carbocycles. The van der Waals surface area contributed by atoms with Crippen molar-refractivity contribution in [1.29, 1.82) is 0 Å². The Balaban J connectivity index is 2.78. The maximum atomic E-state index is 9.04. The Hall–Kier alpha value is -0.870. The first-order valence-electron chi connectivity index (χ1n) is 3.93. The van der Waals surface area contributed by atoms with Crippen LogP contribution in [0, 0.1) is 5.41 Å². The molecule has 12 heavy (non-hydrogen) atoms. The third kappa shape index (κ3) is 1.65. The van der Waals surface area contributed by atoms with Crippen LogP contribution >= 0.6 is 0 Å². The third-order valence-corrected chi connectivity index (χ3v) is 2.06. The summed E-state index contributed by atoms with van der Waals surface area (Å²) in [6, 6.07) is -0.252. The molecule has 0 aliphatic carbocycles. The van der Waals surface area contributed by atoms with Crippen molar-refractivity contribution in [2.45, 2.75) is 19.9 Å². The number of H-pyrrole nitrogens is 1. The van der Waals surface area contributed by atoms with Crippen LogP contribution in [0.3, 0.4) is 0 Å². The minimum Gasteiger partial charge on any atom is -0.396 e. The number of hydrogen-bond acceptors (Lipinski definition) is 3. The minimum absolute atomic E-state index is 0.0505. The molecule has 0 bridgehead atoms. The lowest BCUT2D eigenvalue weighted by Gasteiger charge is -2.27. The predicted molar refractivity (Wildman–Crippen MR) is 46.4 cm³/mol. The monoisotopic (exact) mass is 169 g/mol. The molecule has 1 aromatic rings. The van der Waals surface area contributed by atoms with E-state index in [1.807, 2.05) is 13.8 Å². The van der Waals surface area contributed by atoms with E-state index in [2.05, 4.69) is 9.97 Å². The molecule has 1 rings (SSSR count). The number of imidazole rings is 1. The Bertz CT molecular complexity index is 230. The molecule has 1 aromatic heterocycles. The van der Waals surface area contributed by atoms with Crippen LogP contribution in [-0.4, -0.2) is 21.7 Å². The van der Waals surface area contributed by atoms with E-state index < -0.39 is 0 Å². The summed E-state index contributed by atoms with van der Waals surface area (Å²) >= 11 is 0. The van der Waals surface area contributed by atoms with Gasteiger partial charge in [0.1, 0.15) is 5.82 Å². The van der Waals surface area contributed by atoms with Gasteiger partial charge >= 0.3 is 0 Å². The molecule has 1 heterocycles. The summed E-state index contributed by atoms with van der Waals surface area (Å²) in [7, 11) is 0. The molecule has 1 atom stereocenters. The van der Waals surface area contributed by atoms with Crippen molar-refractivity contribution in [3.05, 3.63) is 18.2 Å². The van der Waals surface area contributed by atoms with Crippen molar-refractivity contribution < 1.29 is 5.11 Å². The molecule has 0 radical (unpaired) electrons. The van der Waals surface area contributed by atoms with E-state index in [1.54, 1.807) is 12.4 Å². The lowest BCUT2D eigenvalue weighted by atomic mass is 9.85. The van der Waals surface area contributed by atoms with Crippen LogP contribution in [0.4, 0.5) is 0 Å². The molecular weight excluding hydrogens is 154 g/mol. The quantitative estimate of drug-likeness (QED) is 0.614. The van der Waals surface area contributed by atoms with Crippen molar-refractivity contribution >= 4 is 0 Å². The molecule has 0 unspecified atom stereocenters. The number of nitrogens with two attached hydrogens (primary N) is 1. The normalized spacial score (nSPS) is 14.7. The lowest BCUT2D eigenvalue weighted by Crippen LogP contribution is -2.33. The maximum absolute atomic E-state index is 9.04. The molecule has 68 valence electrons. The van der Waals surface area contributed by atoms with E-state index >= 15 is 0 Å². The van der Waals surface area contributed by atoms with Gasteiger partial charge in [-0.15, -0.1) is 0 Å². The van der Waals surface area contributed by atoms with Crippen LogP contribution in [0.5, 0.6) is 0 Å². The van der Waals surface area contributed by atoms with Gasteiger partial charge in [0.25, 0.3) is 0 Å². The average Bonchev–Trinajstić information content (AvgIpc) is 2.55. The Morgan fingerprint density at radius 1 is 1.75 bits per heavy atom. The first-order valence-corrected chi connectivity index (χ1v) is 3.93. The zero-order valence-electron chi connectivity index (χ0n) is 7.41. The number of aliphatic hydroxyl groups excluding tert-OH is 1. The second kappa shape index (κ2) is 3.25. The van der Waals surface area contributed by atoms with Gasteiger partial charge in [-0.3, -0.25) is 0 Å². The number of aliphatic hydroxyl groups is 1. The second-order valence-electron chi connectivity index (χ2n) is 3.60. The molecule has 4 nitrogen and oxygen atoms in total. The zero-order valence-corrected chi connectivity index (χ0v) is 7.41. The first kappa shape index (κ1) is 9.22. The topological polar surface area (TPSA) is 74.9 Å². The highest BCUT2D eigenvalue weighted by molar-refractivity contribution is 5.00. The summed E-state index contributed by atoms with van der Waals surface area (Å²) in [5, 5.41) is 9.04. The van der Waals surface area contributed by atoms with Crippen LogP contribution in [0.1, 0.15) is 25.7 Å². The number of nitrogens with one attached hydrogen (secondary N) is 1. The molecule has 0 fully saturated rings. The number of aromatic nitrogens is 2. The SMILES string of the molecule is CC(C)(CO)[C@@H](N)c1ncc[nH]1. The third-order valence-electron chi connectivity index (χ3n) is 2.06. The van der Waals surface area contributed by atoms with Gasteiger partial charge in [-0.1, -0.05) is 13.8 Å². The lowest BCUT2D eigenvalue weighted by molar-refractivity contribution is 0.129. The molecule has 0 aliphatic heterocycles. The second-order valence-corrected chi connectivity index (χ2v) is 3.60. The minimum atomic E-state index is -0.335. The summed E-state index contributed by atoms with van der Waals surface area (Å²) in [5.74, 6) is 0.717. The molecular formula is C8H15N3O. The summed E-state index contributed by atoms with van der Waals surface area (Å²) in [5.41, 5.74) is 5.54. The van der Waals surface area contributed by atoms with Gasteiger partial charge in [-0.25, -0.2) is 4.98 Å². The van der Waals surface area contributed by atoms with Crippen LogP contribution in [0.2, 0.25) is 0 Å². The molecule has 4 heteroatoms. The zero-order chi connectivity index (χ0) is 9.19. The van der Waals surface area contributed by atoms with E-state index in [4.69, 9.17) is 10.8 Å². The van der Waals surface area contributed by atoms with Crippen LogP contribution < -0.4 is 5.73 Å². The Kier molecular flexibility index (Phi) is 2.49. The van der Waals surface area contributed by atoms with E-state index in [0.717, 1.165) is 0 Å². The molecule has 0 aliphatic rings. The summed E-state index contributed by atoms with van der Waals surface area (Å²) in [6.45, 7) is 3.86. The van der Waals surface area contributed by atoms with Gasteiger partial charge in [0.15, 0.2) is 0 Å². The van der Waals surface area contributed by atoms with E-state index in [9.17, 15) is 0 Å². The van der Waals surface area contributed by atoms with Crippen molar-refractivity contribution in [2.75, 3.05) is 6.61 Å². The average molecular weight is 169 g/mol. The number of aromatic amines is 1. The molecule has 0 amide bonds. The van der Waals surface area contributed by atoms with Gasteiger partial charge in [0.2, 0.25) is 0 Å². The summed E-state index contributed by atoms with van der Waals surface area (Å²) < 4.78 is 0. The highest BCUT2D eigenvalue weighted by atomic mass is 16.3. The summed E-state index contributed by atoms with van der Waals surface area (Å²) in [4.78, 5) is 6.97. The standard InChI is InChI=1S/C8H15N3O/c1-8(2,5-12)6(9)7-10-3-4-11-7/h3-4,6,12H,5,9H2,1-2H3,(H,10,11)/t6-/m0/s1. The van der Waals surface area contributed by atoms with E-state index in [0.29, 0.717) is 5.82 Å². The van der Waals surface area contributed by atoms with Crippen LogP contribution in [-0.2, 0) is 0 Å². The van der Waals surface area contributed by atoms with Crippen molar-refractivity contribution in [3.8, 4) is 0 Å². The highest BCUT2D eigenvalue weighted by Gasteiger charge is 2.28. The van der Waals surface area contributed by atoms with Gasteiger partial charge in [-0.05, 0) is 0 Å². The van der Waals surface area contributed by atoms with Crippen molar-refractivity contribution in [1.82, 2.24) is 9.97 Å². The largest absolute Gasteiger partial charge is 0.396 e. The van der Waals surface area contributed by atoms with Gasteiger partial charge < -0.3 is 15.8 Å². The van der Waals surface area contributed by atoms with Gasteiger partial charge in [0.05, 0.1) is 12.6 Å². The summed E-state index contributed by atoms with van der Waals surface area (Å²) in [6.07, 6.45) is 3.38. The fourth-order valence-corrected chi connectivity index (χ4v) is 0.916. The Morgan fingerprint density at radius 3 is 2.83 bits per heavy atom. The van der Waals surface area contributed by atoms with Crippen LogP contribution in [0.25, 0.3) is 0 Å². The van der Waals surface area contributed by atoms with Crippen molar-refractivity contribution in [3.63, 3.8) is 0 Å². The first-order chi connectivity index (χ1) is 5.58. The molecule has 0 saturated heterocycles. The maximum Gasteiger partial charge on any atom is 0.123 e. The van der Waals surface area contributed by atoms with E-state index in [1.165, 1.54) is 0 Å². The Morgan fingerprint density at radius 2 is 2.42 bits per heavy atom. The predicted octanol–water partition coefficient (Wildman–Crippen LogP) is 0.428. The number of nitrogens with zero attached hydrogens (tertiary/aromatic N) is 1. The fourth-order valence-electron chi connectivity index (χ4n) is 0.916. The van der Waals surface area contributed by atoms with E-state index in [-0.39, 0.29) is 18.1 Å². The van der Waals surface area contributed by atoms with Gasteiger partial charge in [-0.2, -0.15) is 0 Å². The smallest absolute Gasteiger partial charge is 0.123 e. The Labute approximate surface area is 71.8 Å².